The van der Waals surface area contributed by atoms with Crippen molar-refractivity contribution in [1.29, 1.82) is 0 Å². The Balaban J connectivity index is 1.65. The molecule has 3 aromatic rings. The van der Waals surface area contributed by atoms with Crippen LogP contribution in [0.2, 0.25) is 0 Å². The number of carbonyl (C=O) groups is 1. The van der Waals surface area contributed by atoms with Gasteiger partial charge in [0, 0.05) is 36.0 Å². The molecule has 8 heteroatoms. The number of aliphatic hydroxyl groups excluding tert-OH is 1. The van der Waals surface area contributed by atoms with Gasteiger partial charge in [0.1, 0.15) is 17.7 Å². The van der Waals surface area contributed by atoms with Gasteiger partial charge in [0.15, 0.2) is 5.82 Å². The van der Waals surface area contributed by atoms with Crippen molar-refractivity contribution < 1.29 is 14.6 Å². The van der Waals surface area contributed by atoms with Gasteiger partial charge >= 0.3 is 0 Å². The quantitative estimate of drug-likeness (QED) is 0.535. The Morgan fingerprint density at radius 2 is 1.85 bits per heavy atom. The number of hydrogen-bond acceptors (Lipinski definition) is 6. The molecular weight excluding hydrogens is 484 g/mol. The summed E-state index contributed by atoms with van der Waals surface area (Å²) in [6, 6.07) is 13.7. The molecule has 1 aliphatic rings. The van der Waals surface area contributed by atoms with Crippen LogP contribution in [0.25, 0.3) is 22.3 Å². The number of ether oxygens (including phenoxy) is 1. The van der Waals surface area contributed by atoms with Crippen molar-refractivity contribution in [1.82, 2.24) is 14.9 Å². The fourth-order valence-corrected chi connectivity index (χ4v) is 4.53. The van der Waals surface area contributed by atoms with Crippen LogP contribution in [-0.2, 0) is 4.79 Å². The van der Waals surface area contributed by atoms with Gasteiger partial charge in [-0.25, -0.2) is 9.97 Å². The number of halogens is 1. The number of rotatable bonds is 6. The topological polar surface area (TPSA) is 78.8 Å². The molecule has 1 atom stereocenters. The van der Waals surface area contributed by atoms with E-state index in [0.717, 1.165) is 32.5 Å². The summed E-state index contributed by atoms with van der Waals surface area (Å²) in [6.45, 7) is 6.35. The van der Waals surface area contributed by atoms with Gasteiger partial charge in [-0.15, -0.1) is 0 Å². The Labute approximate surface area is 202 Å². The molecular formula is C25H29BrN4O3. The highest BCUT2D eigenvalue weighted by molar-refractivity contribution is 9.10. The number of benzene rings is 2. The molecule has 4 rings (SSSR count). The fraction of sp³-hybridized carbons (Fsp3) is 0.400. The molecule has 0 radical (unpaired) electrons. The minimum atomic E-state index is -0.940. The number of carbonyl (C=O) groups excluding carboxylic acids is 1. The Kier molecular flexibility index (Phi) is 7.14. The Bertz CT molecular complexity index is 1150. The van der Waals surface area contributed by atoms with Gasteiger partial charge in [-0.05, 0) is 42.7 Å². The monoisotopic (exact) mass is 512 g/mol. The number of aliphatic hydroxyl groups is 1. The van der Waals surface area contributed by atoms with Gasteiger partial charge in [-0.3, -0.25) is 4.79 Å². The van der Waals surface area contributed by atoms with Gasteiger partial charge in [-0.2, -0.15) is 0 Å². The first kappa shape index (κ1) is 23.4. The van der Waals surface area contributed by atoms with Crippen molar-refractivity contribution in [3.63, 3.8) is 0 Å². The maximum atomic E-state index is 12.7. The van der Waals surface area contributed by atoms with Crippen LogP contribution >= 0.6 is 15.9 Å². The summed E-state index contributed by atoms with van der Waals surface area (Å²) >= 11 is 3.57. The largest absolute Gasteiger partial charge is 0.496 e. The van der Waals surface area contributed by atoms with Crippen molar-refractivity contribution in [2.24, 2.45) is 5.92 Å². The number of anilines is 1. The summed E-state index contributed by atoms with van der Waals surface area (Å²) in [5.41, 5.74) is 1.67. The average Bonchev–Trinajstić information content (AvgIpc) is 2.82. The minimum absolute atomic E-state index is 0.187. The van der Waals surface area contributed by atoms with E-state index < -0.39 is 6.10 Å². The van der Waals surface area contributed by atoms with Gasteiger partial charge in [0.05, 0.1) is 18.2 Å². The van der Waals surface area contributed by atoms with Gasteiger partial charge in [-0.1, -0.05) is 41.9 Å². The number of fused-ring (bicyclic) bond motifs is 1. The molecule has 0 aliphatic carbocycles. The zero-order chi connectivity index (χ0) is 23.5. The van der Waals surface area contributed by atoms with E-state index in [0.29, 0.717) is 38.4 Å². The van der Waals surface area contributed by atoms with Crippen LogP contribution in [0.1, 0.15) is 20.3 Å². The summed E-state index contributed by atoms with van der Waals surface area (Å²) in [6.07, 6.45) is -0.462. The summed E-state index contributed by atoms with van der Waals surface area (Å²) in [5, 5.41) is 11.2. The Morgan fingerprint density at radius 3 is 2.55 bits per heavy atom. The molecule has 2 aromatic carbocycles. The SMILES string of the molecule is COc1ccccc1-c1nc(N2CCN(C(=O)C(O)CC(C)C)CC2)c2cc(Br)ccc2n1. The fourth-order valence-electron chi connectivity index (χ4n) is 4.17. The second-order valence-electron chi connectivity index (χ2n) is 8.69. The molecule has 174 valence electrons. The van der Waals surface area contributed by atoms with Crippen LogP contribution < -0.4 is 9.64 Å². The van der Waals surface area contributed by atoms with E-state index in [2.05, 4.69) is 20.8 Å². The molecule has 7 nitrogen and oxygen atoms in total. The van der Waals surface area contributed by atoms with Crippen molar-refractivity contribution in [2.75, 3.05) is 38.2 Å². The first-order valence-electron chi connectivity index (χ1n) is 11.2. The highest BCUT2D eigenvalue weighted by Gasteiger charge is 2.28. The lowest BCUT2D eigenvalue weighted by Gasteiger charge is -2.37. The normalized spacial score (nSPS) is 15.2. The third kappa shape index (κ3) is 5.12. The van der Waals surface area contributed by atoms with E-state index in [1.165, 1.54) is 0 Å². The molecule has 1 N–H and O–H groups in total. The third-order valence-electron chi connectivity index (χ3n) is 5.86. The van der Waals surface area contributed by atoms with Crippen molar-refractivity contribution in [3.05, 3.63) is 46.9 Å². The lowest BCUT2D eigenvalue weighted by atomic mass is 10.0. The Morgan fingerprint density at radius 1 is 1.12 bits per heavy atom. The van der Waals surface area contributed by atoms with Gasteiger partial charge in [0.25, 0.3) is 5.91 Å². The average molecular weight is 513 g/mol. The van der Waals surface area contributed by atoms with Crippen LogP contribution in [0.4, 0.5) is 5.82 Å². The zero-order valence-electron chi connectivity index (χ0n) is 19.2. The van der Waals surface area contributed by atoms with E-state index in [9.17, 15) is 9.90 Å². The number of para-hydroxylation sites is 1. The molecule has 0 bridgehead atoms. The van der Waals surface area contributed by atoms with Crippen LogP contribution in [0.5, 0.6) is 5.75 Å². The van der Waals surface area contributed by atoms with Gasteiger partial charge in [0.2, 0.25) is 0 Å². The summed E-state index contributed by atoms with van der Waals surface area (Å²) in [5.74, 6) is 2.23. The molecule has 1 unspecified atom stereocenters. The number of piperazine rings is 1. The van der Waals surface area contributed by atoms with E-state index in [-0.39, 0.29) is 11.8 Å². The predicted molar refractivity (Wildman–Crippen MR) is 133 cm³/mol. The smallest absolute Gasteiger partial charge is 0.251 e. The first-order valence-corrected chi connectivity index (χ1v) is 12.0. The molecule has 33 heavy (non-hydrogen) atoms. The summed E-state index contributed by atoms with van der Waals surface area (Å²) in [7, 11) is 1.64. The van der Waals surface area contributed by atoms with E-state index >= 15 is 0 Å². The number of amides is 1. The third-order valence-corrected chi connectivity index (χ3v) is 6.35. The van der Waals surface area contributed by atoms with Crippen molar-refractivity contribution in [2.45, 2.75) is 26.4 Å². The molecule has 0 saturated carbocycles. The minimum Gasteiger partial charge on any atom is -0.496 e. The van der Waals surface area contributed by atoms with Crippen molar-refractivity contribution in [3.8, 4) is 17.1 Å². The zero-order valence-corrected chi connectivity index (χ0v) is 20.7. The number of methoxy groups -OCH3 is 1. The predicted octanol–water partition coefficient (Wildman–Crippen LogP) is 4.12. The second-order valence-corrected chi connectivity index (χ2v) is 9.61. The highest BCUT2D eigenvalue weighted by Crippen LogP contribution is 2.33. The first-order chi connectivity index (χ1) is 15.9. The highest BCUT2D eigenvalue weighted by atomic mass is 79.9. The summed E-state index contributed by atoms with van der Waals surface area (Å²) < 4.78 is 6.49. The maximum Gasteiger partial charge on any atom is 0.251 e. The van der Waals surface area contributed by atoms with Gasteiger partial charge < -0.3 is 19.6 Å². The second kappa shape index (κ2) is 10.1. The van der Waals surface area contributed by atoms with Crippen molar-refractivity contribution >= 4 is 38.6 Å². The molecule has 1 amide bonds. The number of aromatic nitrogens is 2. The molecule has 1 fully saturated rings. The lowest BCUT2D eigenvalue weighted by molar-refractivity contribution is -0.141. The Hall–Kier alpha value is -2.71. The summed E-state index contributed by atoms with van der Waals surface area (Å²) in [4.78, 5) is 26.4. The molecule has 1 saturated heterocycles. The van der Waals surface area contributed by atoms with E-state index in [4.69, 9.17) is 14.7 Å². The van der Waals surface area contributed by atoms with Crippen LogP contribution in [-0.4, -0.2) is 65.3 Å². The number of hydrogen-bond donors (Lipinski definition) is 1. The molecule has 0 spiro atoms. The molecule has 2 heterocycles. The molecule has 1 aromatic heterocycles. The van der Waals surface area contributed by atoms with Crippen LogP contribution in [0.3, 0.4) is 0 Å². The standard InChI is InChI=1S/C25H29BrN4O3/c1-16(2)14-21(31)25(32)30-12-10-29(11-13-30)24-19-15-17(26)8-9-20(19)27-23(28-24)18-6-4-5-7-22(18)33-3/h4-9,15-16,21,31H,10-14H2,1-3H3. The molecule has 1 aliphatic heterocycles. The van der Waals surface area contributed by atoms with Crippen LogP contribution in [0, 0.1) is 5.92 Å². The van der Waals surface area contributed by atoms with Crippen LogP contribution in [0.15, 0.2) is 46.9 Å². The number of nitrogens with zero attached hydrogens (tertiary/aromatic N) is 4. The lowest BCUT2D eigenvalue weighted by Crippen LogP contribution is -2.52. The van der Waals surface area contributed by atoms with E-state index in [1.807, 2.05) is 56.3 Å². The van der Waals surface area contributed by atoms with E-state index in [1.54, 1.807) is 12.0 Å². The maximum absolute atomic E-state index is 12.7.